The molecule has 32 heavy (non-hydrogen) atoms. The van der Waals surface area contributed by atoms with Crippen LogP contribution < -0.4 is 10.6 Å². The standard InChI is InChI=1S/C25H26N6O/c1-26-11-5-13-29-25(32)17-8-9-20-19(16-17)18(10-14-28-20)23-22-7-4-15-31(22)30-24(23)21-6-2-3-12-27-21/h2-3,6,8-10,12,14,16,26H,4-5,7,11,13,15H2,1H3,(H,29,32). The van der Waals surface area contributed by atoms with Crippen LogP contribution >= 0.6 is 0 Å². The number of aromatic nitrogens is 4. The van der Waals surface area contributed by atoms with E-state index in [1.807, 2.05) is 55.7 Å². The molecule has 162 valence electrons. The molecule has 3 aromatic heterocycles. The lowest BCUT2D eigenvalue weighted by atomic mass is 9.95. The van der Waals surface area contributed by atoms with Crippen molar-refractivity contribution < 1.29 is 4.79 Å². The van der Waals surface area contributed by atoms with Gasteiger partial charge in [-0.05, 0) is 74.8 Å². The quantitative estimate of drug-likeness (QED) is 0.442. The maximum Gasteiger partial charge on any atom is 0.251 e. The lowest BCUT2D eigenvalue weighted by Crippen LogP contribution is -2.26. The molecule has 0 saturated heterocycles. The molecule has 1 amide bonds. The number of nitrogens with one attached hydrogen (secondary N) is 2. The first-order valence-electron chi connectivity index (χ1n) is 11.1. The molecule has 5 rings (SSSR count). The minimum absolute atomic E-state index is 0.0667. The number of carbonyl (C=O) groups excluding carboxylic acids is 1. The Morgan fingerprint density at radius 3 is 2.88 bits per heavy atom. The van der Waals surface area contributed by atoms with Gasteiger partial charge in [-0.25, -0.2) is 0 Å². The smallest absolute Gasteiger partial charge is 0.251 e. The molecule has 0 unspecified atom stereocenters. The van der Waals surface area contributed by atoms with Crippen LogP contribution in [0, 0.1) is 0 Å². The van der Waals surface area contributed by atoms with Crippen molar-refractivity contribution >= 4 is 16.8 Å². The lowest BCUT2D eigenvalue weighted by Gasteiger charge is -2.11. The maximum atomic E-state index is 12.7. The number of carbonyl (C=O) groups is 1. The highest BCUT2D eigenvalue weighted by atomic mass is 16.1. The third-order valence-electron chi connectivity index (χ3n) is 5.91. The van der Waals surface area contributed by atoms with Gasteiger partial charge in [-0.2, -0.15) is 5.10 Å². The van der Waals surface area contributed by atoms with Gasteiger partial charge in [-0.1, -0.05) is 6.07 Å². The van der Waals surface area contributed by atoms with Gasteiger partial charge < -0.3 is 10.6 Å². The Hall–Kier alpha value is -3.58. The van der Waals surface area contributed by atoms with E-state index in [4.69, 9.17) is 5.10 Å². The maximum absolute atomic E-state index is 12.7. The zero-order chi connectivity index (χ0) is 21.9. The van der Waals surface area contributed by atoms with Gasteiger partial charge in [0.05, 0.1) is 11.2 Å². The molecule has 0 spiro atoms. The first kappa shape index (κ1) is 20.3. The van der Waals surface area contributed by atoms with Crippen molar-refractivity contribution in [3.8, 4) is 22.5 Å². The molecule has 0 fully saturated rings. The number of hydrogen-bond acceptors (Lipinski definition) is 5. The van der Waals surface area contributed by atoms with Gasteiger partial charge in [0.1, 0.15) is 5.69 Å². The number of amides is 1. The number of hydrogen-bond donors (Lipinski definition) is 2. The zero-order valence-corrected chi connectivity index (χ0v) is 18.1. The van der Waals surface area contributed by atoms with Gasteiger partial charge in [0, 0.05) is 47.7 Å². The van der Waals surface area contributed by atoms with E-state index in [9.17, 15) is 4.79 Å². The van der Waals surface area contributed by atoms with Crippen molar-refractivity contribution in [1.82, 2.24) is 30.4 Å². The van der Waals surface area contributed by atoms with Gasteiger partial charge in [-0.15, -0.1) is 0 Å². The molecule has 0 bridgehead atoms. The number of fused-ring (bicyclic) bond motifs is 2. The molecule has 4 heterocycles. The first-order chi connectivity index (χ1) is 15.8. The van der Waals surface area contributed by atoms with Crippen LogP contribution in [0.5, 0.6) is 0 Å². The van der Waals surface area contributed by atoms with E-state index >= 15 is 0 Å². The third-order valence-corrected chi connectivity index (χ3v) is 5.91. The molecule has 1 aliphatic rings. The Kier molecular flexibility index (Phi) is 5.64. The summed E-state index contributed by atoms with van der Waals surface area (Å²) in [4.78, 5) is 21.9. The van der Waals surface area contributed by atoms with E-state index in [1.165, 1.54) is 5.69 Å². The van der Waals surface area contributed by atoms with Crippen LogP contribution in [0.4, 0.5) is 0 Å². The lowest BCUT2D eigenvalue weighted by molar-refractivity contribution is 0.0953. The number of nitrogens with zero attached hydrogens (tertiary/aromatic N) is 4. The first-order valence-corrected chi connectivity index (χ1v) is 11.1. The van der Waals surface area contributed by atoms with Crippen molar-refractivity contribution in [2.24, 2.45) is 0 Å². The van der Waals surface area contributed by atoms with Crippen molar-refractivity contribution in [2.45, 2.75) is 25.8 Å². The van der Waals surface area contributed by atoms with Crippen molar-refractivity contribution in [3.63, 3.8) is 0 Å². The summed E-state index contributed by atoms with van der Waals surface area (Å²) in [6, 6.07) is 13.6. The van der Waals surface area contributed by atoms with Crippen molar-refractivity contribution in [1.29, 1.82) is 0 Å². The second-order valence-corrected chi connectivity index (χ2v) is 8.02. The van der Waals surface area contributed by atoms with Crippen LogP contribution in [0.1, 0.15) is 28.9 Å². The van der Waals surface area contributed by atoms with Crippen LogP contribution in [-0.4, -0.2) is 45.8 Å². The molecular formula is C25H26N6O. The van der Waals surface area contributed by atoms with Crippen molar-refractivity contribution in [3.05, 3.63) is 66.1 Å². The summed E-state index contributed by atoms with van der Waals surface area (Å²) in [5.41, 5.74) is 6.60. The van der Waals surface area contributed by atoms with E-state index in [-0.39, 0.29) is 5.91 Å². The Labute approximate surface area is 186 Å². The molecule has 0 atom stereocenters. The van der Waals surface area contributed by atoms with E-state index < -0.39 is 0 Å². The fourth-order valence-electron chi connectivity index (χ4n) is 4.37. The SMILES string of the molecule is CNCCCNC(=O)c1ccc2nccc(-c3c(-c4ccccn4)nn4c3CCC4)c2c1. The number of pyridine rings is 2. The van der Waals surface area contributed by atoms with E-state index in [1.54, 1.807) is 6.20 Å². The highest BCUT2D eigenvalue weighted by Gasteiger charge is 2.25. The van der Waals surface area contributed by atoms with Gasteiger partial charge in [0.15, 0.2) is 0 Å². The summed E-state index contributed by atoms with van der Waals surface area (Å²) in [7, 11) is 1.91. The van der Waals surface area contributed by atoms with Crippen molar-refractivity contribution in [2.75, 3.05) is 20.1 Å². The molecule has 1 aromatic carbocycles. The summed E-state index contributed by atoms with van der Waals surface area (Å²) in [5, 5.41) is 12.0. The molecule has 0 saturated carbocycles. The highest BCUT2D eigenvalue weighted by Crippen LogP contribution is 2.39. The predicted octanol–water partition coefficient (Wildman–Crippen LogP) is 3.45. The Bertz CT molecular complexity index is 1260. The van der Waals surface area contributed by atoms with E-state index in [2.05, 4.69) is 25.3 Å². The van der Waals surface area contributed by atoms with Crippen LogP contribution in [0.15, 0.2) is 54.9 Å². The molecule has 0 aliphatic carbocycles. The van der Waals surface area contributed by atoms with Crippen LogP contribution in [0.25, 0.3) is 33.4 Å². The number of aryl methyl sites for hydroxylation is 1. The van der Waals surface area contributed by atoms with Crippen LogP contribution in [0.2, 0.25) is 0 Å². The van der Waals surface area contributed by atoms with E-state index in [0.29, 0.717) is 12.1 Å². The average molecular weight is 427 g/mol. The van der Waals surface area contributed by atoms with Gasteiger partial charge in [0.25, 0.3) is 5.91 Å². The Balaban J connectivity index is 1.60. The van der Waals surface area contributed by atoms with Crippen LogP contribution in [0.3, 0.4) is 0 Å². The second-order valence-electron chi connectivity index (χ2n) is 8.02. The monoisotopic (exact) mass is 426 g/mol. The summed E-state index contributed by atoms with van der Waals surface area (Å²) in [6.07, 6.45) is 6.57. The fourth-order valence-corrected chi connectivity index (χ4v) is 4.37. The molecular weight excluding hydrogens is 400 g/mol. The molecule has 2 N–H and O–H groups in total. The number of rotatable bonds is 7. The zero-order valence-electron chi connectivity index (χ0n) is 18.1. The summed E-state index contributed by atoms with van der Waals surface area (Å²) < 4.78 is 2.10. The Morgan fingerprint density at radius 2 is 2.03 bits per heavy atom. The molecule has 7 heteroatoms. The fraction of sp³-hybridized carbons (Fsp3) is 0.280. The summed E-state index contributed by atoms with van der Waals surface area (Å²) in [5.74, 6) is -0.0667. The molecule has 1 aliphatic heterocycles. The normalized spacial score (nSPS) is 12.8. The molecule has 0 radical (unpaired) electrons. The summed E-state index contributed by atoms with van der Waals surface area (Å²) in [6.45, 7) is 2.42. The number of benzene rings is 1. The molecule has 7 nitrogen and oxygen atoms in total. The largest absolute Gasteiger partial charge is 0.352 e. The van der Waals surface area contributed by atoms with Crippen LogP contribution in [-0.2, 0) is 13.0 Å². The third kappa shape index (κ3) is 3.76. The van der Waals surface area contributed by atoms with Gasteiger partial charge >= 0.3 is 0 Å². The minimum atomic E-state index is -0.0667. The Morgan fingerprint density at radius 1 is 1.09 bits per heavy atom. The molecule has 4 aromatic rings. The highest BCUT2D eigenvalue weighted by molar-refractivity contribution is 6.03. The summed E-state index contributed by atoms with van der Waals surface area (Å²) >= 11 is 0. The minimum Gasteiger partial charge on any atom is -0.352 e. The van der Waals surface area contributed by atoms with E-state index in [0.717, 1.165) is 65.8 Å². The average Bonchev–Trinajstić information content (AvgIpc) is 3.43. The predicted molar refractivity (Wildman–Crippen MR) is 125 cm³/mol. The topological polar surface area (TPSA) is 84.7 Å². The van der Waals surface area contributed by atoms with Gasteiger partial charge in [0.2, 0.25) is 0 Å². The second kappa shape index (κ2) is 8.88. The van der Waals surface area contributed by atoms with Gasteiger partial charge in [-0.3, -0.25) is 19.4 Å².